The lowest BCUT2D eigenvalue weighted by molar-refractivity contribution is -0.140. The fourth-order valence-electron chi connectivity index (χ4n) is 3.98. The third kappa shape index (κ3) is 4.54. The van der Waals surface area contributed by atoms with Crippen LogP contribution in [0.2, 0.25) is 0 Å². The molecular weight excluding hydrogens is 493 g/mol. The van der Waals surface area contributed by atoms with Gasteiger partial charge in [-0.1, -0.05) is 25.2 Å². The van der Waals surface area contributed by atoms with Crippen molar-refractivity contribution < 1.29 is 36.3 Å². The van der Waals surface area contributed by atoms with Crippen LogP contribution in [0, 0.1) is 11.6 Å². The SMILES string of the molecule is CC(C)OC(=O)C1=CN(C(=O)c2ccc(F)c(F)c2)CC(C)(C)c2c1[nH]c1sc(C(F)(F)F)nc21. The number of H-pyrrole nitrogens is 1. The van der Waals surface area contributed by atoms with Crippen molar-refractivity contribution in [2.45, 2.75) is 45.4 Å². The molecule has 0 fully saturated rings. The highest BCUT2D eigenvalue weighted by Gasteiger charge is 2.41. The molecule has 186 valence electrons. The maximum atomic E-state index is 13.8. The molecule has 2 aromatic heterocycles. The minimum atomic E-state index is -4.66. The van der Waals surface area contributed by atoms with Crippen LogP contribution < -0.4 is 0 Å². The molecule has 4 rings (SSSR count). The van der Waals surface area contributed by atoms with Crippen molar-refractivity contribution in [3.05, 3.63) is 57.9 Å². The van der Waals surface area contributed by atoms with Crippen LogP contribution in [0.15, 0.2) is 24.4 Å². The first-order valence-corrected chi connectivity index (χ1v) is 11.3. The van der Waals surface area contributed by atoms with Gasteiger partial charge in [-0.05, 0) is 32.0 Å². The molecule has 0 bridgehead atoms. The van der Waals surface area contributed by atoms with Gasteiger partial charge in [0.25, 0.3) is 5.91 Å². The summed E-state index contributed by atoms with van der Waals surface area (Å²) in [6.45, 7) is 6.51. The molecular formula is C23H20F5N3O3S. The number of halogens is 5. The summed E-state index contributed by atoms with van der Waals surface area (Å²) < 4.78 is 72.4. The summed E-state index contributed by atoms with van der Waals surface area (Å²) in [6, 6.07) is 2.65. The average molecular weight is 513 g/mol. The largest absolute Gasteiger partial charge is 0.459 e. The lowest BCUT2D eigenvalue weighted by atomic mass is 9.83. The Balaban J connectivity index is 1.89. The maximum absolute atomic E-state index is 13.8. The van der Waals surface area contributed by atoms with Gasteiger partial charge in [0, 0.05) is 29.3 Å². The summed E-state index contributed by atoms with van der Waals surface area (Å²) in [5.74, 6) is -3.90. The zero-order chi connectivity index (χ0) is 25.9. The summed E-state index contributed by atoms with van der Waals surface area (Å²) in [4.78, 5) is 34.2. The van der Waals surface area contributed by atoms with Crippen molar-refractivity contribution in [1.29, 1.82) is 0 Å². The maximum Gasteiger partial charge on any atom is 0.443 e. The molecule has 0 saturated heterocycles. The molecule has 12 heteroatoms. The second-order valence-electron chi connectivity index (χ2n) is 9.01. The van der Waals surface area contributed by atoms with Crippen LogP contribution >= 0.6 is 11.3 Å². The number of aromatic nitrogens is 2. The van der Waals surface area contributed by atoms with Crippen molar-refractivity contribution >= 4 is 39.1 Å². The van der Waals surface area contributed by atoms with E-state index < -0.39 is 46.2 Å². The van der Waals surface area contributed by atoms with E-state index in [9.17, 15) is 31.5 Å². The Labute approximate surface area is 200 Å². The first-order chi connectivity index (χ1) is 16.2. The molecule has 1 aliphatic rings. The van der Waals surface area contributed by atoms with Gasteiger partial charge >= 0.3 is 12.1 Å². The highest BCUT2D eigenvalue weighted by molar-refractivity contribution is 7.18. The van der Waals surface area contributed by atoms with Gasteiger partial charge in [0.2, 0.25) is 5.01 Å². The first kappa shape index (κ1) is 24.8. The second kappa shape index (κ2) is 8.43. The third-order valence-electron chi connectivity index (χ3n) is 5.38. The monoisotopic (exact) mass is 513 g/mol. The van der Waals surface area contributed by atoms with Crippen LogP contribution in [0.4, 0.5) is 22.0 Å². The van der Waals surface area contributed by atoms with E-state index in [2.05, 4.69) is 9.97 Å². The van der Waals surface area contributed by atoms with Crippen LogP contribution in [0.5, 0.6) is 0 Å². The average Bonchev–Trinajstić information content (AvgIpc) is 3.26. The summed E-state index contributed by atoms with van der Waals surface area (Å²) in [5.41, 5.74) is -0.747. The minimum absolute atomic E-state index is 0.0349. The Kier molecular flexibility index (Phi) is 5.98. The Hall–Kier alpha value is -3.28. The van der Waals surface area contributed by atoms with E-state index in [1.807, 2.05) is 0 Å². The molecule has 0 radical (unpaired) electrons. The van der Waals surface area contributed by atoms with Crippen molar-refractivity contribution in [3.8, 4) is 0 Å². The number of esters is 1. The number of benzene rings is 1. The second-order valence-corrected chi connectivity index (χ2v) is 10.0. The van der Waals surface area contributed by atoms with Crippen molar-refractivity contribution in [3.63, 3.8) is 0 Å². The number of nitrogens with one attached hydrogen (secondary N) is 1. The molecule has 3 aromatic rings. The van der Waals surface area contributed by atoms with E-state index in [0.29, 0.717) is 16.9 Å². The highest BCUT2D eigenvalue weighted by Crippen LogP contribution is 2.44. The molecule has 3 heterocycles. The van der Waals surface area contributed by atoms with Crippen LogP contribution in [0.1, 0.15) is 54.3 Å². The van der Waals surface area contributed by atoms with Gasteiger partial charge in [0.15, 0.2) is 11.6 Å². The number of rotatable bonds is 3. The number of carbonyl (C=O) groups excluding carboxylic acids is 2. The van der Waals surface area contributed by atoms with E-state index in [1.165, 1.54) is 6.20 Å². The standard InChI is InChI=1S/C23H20F5N3O3S/c1-10(2)34-20(33)12-8-31(19(32)11-5-6-13(24)14(25)7-11)9-22(3,4)15-16(12)29-18-17(15)30-21(35-18)23(26,27)28/h5-8,10,29H,9H2,1-4H3. The molecule has 35 heavy (non-hydrogen) atoms. The van der Waals surface area contributed by atoms with Gasteiger partial charge in [-0.25, -0.2) is 18.6 Å². The molecule has 6 nitrogen and oxygen atoms in total. The fraction of sp³-hybridized carbons (Fsp3) is 0.348. The van der Waals surface area contributed by atoms with Crippen molar-refractivity contribution in [1.82, 2.24) is 14.9 Å². The van der Waals surface area contributed by atoms with Crippen LogP contribution in [0.3, 0.4) is 0 Å². The van der Waals surface area contributed by atoms with Crippen LogP contribution in [-0.2, 0) is 21.1 Å². The van der Waals surface area contributed by atoms with Gasteiger partial charge in [-0.3, -0.25) is 4.79 Å². The molecule has 0 spiro atoms. The van der Waals surface area contributed by atoms with Gasteiger partial charge in [-0.15, -0.1) is 0 Å². The molecule has 1 aliphatic heterocycles. The molecule has 0 aliphatic carbocycles. The lowest BCUT2D eigenvalue weighted by Crippen LogP contribution is -2.37. The topological polar surface area (TPSA) is 75.3 Å². The summed E-state index contributed by atoms with van der Waals surface area (Å²) in [6.07, 6.45) is -3.97. The van der Waals surface area contributed by atoms with Crippen molar-refractivity contribution in [2.24, 2.45) is 0 Å². The minimum Gasteiger partial charge on any atom is -0.459 e. The van der Waals surface area contributed by atoms with Gasteiger partial charge in [0.05, 0.1) is 17.4 Å². The lowest BCUT2D eigenvalue weighted by Gasteiger charge is -2.29. The zero-order valence-corrected chi connectivity index (χ0v) is 19.8. The fourth-order valence-corrected chi connectivity index (χ4v) is 4.82. The summed E-state index contributed by atoms with van der Waals surface area (Å²) in [7, 11) is 0. The van der Waals surface area contributed by atoms with Crippen LogP contribution in [0.25, 0.3) is 15.9 Å². The summed E-state index contributed by atoms with van der Waals surface area (Å²) >= 11 is 0.411. The third-order valence-corrected chi connectivity index (χ3v) is 6.40. The summed E-state index contributed by atoms with van der Waals surface area (Å²) in [5, 5.41) is -1.05. The van der Waals surface area contributed by atoms with Crippen LogP contribution in [-0.4, -0.2) is 39.4 Å². The number of nitrogens with zero attached hydrogens (tertiary/aromatic N) is 2. The Morgan fingerprint density at radius 1 is 1.20 bits per heavy atom. The predicted molar refractivity (Wildman–Crippen MR) is 119 cm³/mol. The zero-order valence-electron chi connectivity index (χ0n) is 19.0. The molecule has 0 saturated carbocycles. The number of ether oxygens (including phenoxy) is 1. The number of amides is 1. The Morgan fingerprint density at radius 3 is 2.49 bits per heavy atom. The quantitative estimate of drug-likeness (QED) is 0.363. The Morgan fingerprint density at radius 2 is 1.89 bits per heavy atom. The number of carbonyl (C=O) groups is 2. The van der Waals surface area contributed by atoms with Gasteiger partial charge < -0.3 is 14.6 Å². The molecule has 0 atom stereocenters. The Bertz CT molecular complexity index is 1370. The normalized spacial score (nSPS) is 15.7. The number of fused-ring (bicyclic) bond motifs is 3. The number of thiazole rings is 1. The number of alkyl halides is 3. The molecule has 0 unspecified atom stereocenters. The molecule has 1 N–H and O–H groups in total. The van der Waals surface area contributed by atoms with E-state index in [1.54, 1.807) is 27.7 Å². The van der Waals surface area contributed by atoms with E-state index in [-0.39, 0.29) is 33.7 Å². The predicted octanol–water partition coefficient (Wildman–Crippen LogP) is 5.65. The molecule has 1 aromatic carbocycles. The number of hydrogen-bond acceptors (Lipinski definition) is 5. The first-order valence-electron chi connectivity index (χ1n) is 10.5. The van der Waals surface area contributed by atoms with Crippen molar-refractivity contribution in [2.75, 3.05) is 6.54 Å². The highest BCUT2D eigenvalue weighted by atomic mass is 32.1. The van der Waals surface area contributed by atoms with E-state index in [4.69, 9.17) is 4.74 Å². The van der Waals surface area contributed by atoms with Gasteiger partial charge in [-0.2, -0.15) is 13.2 Å². The smallest absolute Gasteiger partial charge is 0.443 e. The van der Waals surface area contributed by atoms with E-state index >= 15 is 0 Å². The number of aromatic amines is 1. The van der Waals surface area contributed by atoms with E-state index in [0.717, 1.165) is 23.1 Å². The van der Waals surface area contributed by atoms with Gasteiger partial charge in [0.1, 0.15) is 10.3 Å². The number of hydrogen-bond donors (Lipinski definition) is 1. The molecule has 1 amide bonds.